The average Bonchev–Trinajstić information content (AvgIpc) is 3.12. The van der Waals surface area contributed by atoms with Gasteiger partial charge in [0.2, 0.25) is 0 Å². The first-order valence-electron chi connectivity index (χ1n) is 22.2. The molecule has 0 aliphatic heterocycles. The van der Waals surface area contributed by atoms with Crippen molar-refractivity contribution in [1.82, 2.24) is 0 Å². The normalized spacial score (nSPS) is 12.0. The van der Waals surface area contributed by atoms with E-state index in [1.807, 2.05) is 0 Å². The van der Waals surface area contributed by atoms with Crippen molar-refractivity contribution < 1.29 is 28.6 Å². The number of hydrogen-bond acceptors (Lipinski definition) is 6. The number of carbonyl (C=O) groups is 3. The predicted molar refractivity (Wildman–Crippen MR) is 215 cm³/mol. The van der Waals surface area contributed by atoms with Crippen molar-refractivity contribution in [3.8, 4) is 0 Å². The molecule has 0 rings (SSSR count). The molecule has 1 atom stereocenters. The molecule has 0 aromatic heterocycles. The minimum Gasteiger partial charge on any atom is -0.462 e. The summed E-state index contributed by atoms with van der Waals surface area (Å²) in [7, 11) is 0. The second-order valence-electron chi connectivity index (χ2n) is 15.0. The monoisotopic (exact) mass is 721 g/mol. The molecule has 1 unspecified atom stereocenters. The molecule has 0 fully saturated rings. The lowest BCUT2D eigenvalue weighted by Crippen LogP contribution is -2.30. The molecule has 0 spiro atoms. The van der Waals surface area contributed by atoms with Crippen LogP contribution in [0.15, 0.2) is 12.2 Å². The van der Waals surface area contributed by atoms with Crippen LogP contribution in [0.1, 0.15) is 239 Å². The van der Waals surface area contributed by atoms with Gasteiger partial charge in [-0.05, 0) is 44.9 Å². The number of allylic oxidation sites excluding steroid dienone is 2. The van der Waals surface area contributed by atoms with Gasteiger partial charge >= 0.3 is 17.9 Å². The van der Waals surface area contributed by atoms with Crippen LogP contribution in [-0.4, -0.2) is 37.2 Å². The number of ether oxygens (including phenoxy) is 3. The average molecular weight is 721 g/mol. The predicted octanol–water partition coefficient (Wildman–Crippen LogP) is 13.9. The van der Waals surface area contributed by atoms with Gasteiger partial charge in [0.25, 0.3) is 0 Å². The summed E-state index contributed by atoms with van der Waals surface area (Å²) in [6.07, 6.45) is 42.0. The van der Waals surface area contributed by atoms with Crippen molar-refractivity contribution >= 4 is 17.9 Å². The molecular formula is C45H84O6. The first-order valence-corrected chi connectivity index (χ1v) is 22.2. The quantitative estimate of drug-likeness (QED) is 0.0271. The van der Waals surface area contributed by atoms with E-state index in [0.717, 1.165) is 64.2 Å². The third-order valence-corrected chi connectivity index (χ3v) is 9.77. The Labute approximate surface area is 316 Å². The van der Waals surface area contributed by atoms with E-state index in [2.05, 4.69) is 32.9 Å². The smallest absolute Gasteiger partial charge is 0.306 e. The summed E-state index contributed by atoms with van der Waals surface area (Å²) in [6.45, 7) is 6.59. The molecule has 6 heteroatoms. The minimum atomic E-state index is -0.763. The summed E-state index contributed by atoms with van der Waals surface area (Å²) in [5.74, 6) is -0.878. The van der Waals surface area contributed by atoms with Gasteiger partial charge in [0.15, 0.2) is 6.10 Å². The summed E-state index contributed by atoms with van der Waals surface area (Å²) in [6, 6.07) is 0. The van der Waals surface area contributed by atoms with E-state index in [1.165, 1.54) is 135 Å². The molecule has 0 aliphatic rings. The van der Waals surface area contributed by atoms with Gasteiger partial charge in [-0.2, -0.15) is 0 Å². The standard InChI is InChI=1S/C45H84O6/c1-4-7-10-13-16-19-21-22-23-24-25-27-29-32-35-38-44(47)50-41-42(40-49-43(46)37-34-31-28-18-15-12-9-6-3)51-45(48)39-36-33-30-26-20-17-14-11-8-5-2/h22-23,42H,4-21,24-41H2,1-3H3/b23-22-. The van der Waals surface area contributed by atoms with E-state index in [-0.39, 0.29) is 31.1 Å². The largest absolute Gasteiger partial charge is 0.462 e. The Morgan fingerprint density at radius 1 is 0.373 bits per heavy atom. The van der Waals surface area contributed by atoms with Gasteiger partial charge in [0.05, 0.1) is 0 Å². The van der Waals surface area contributed by atoms with Crippen molar-refractivity contribution in [2.75, 3.05) is 13.2 Å². The van der Waals surface area contributed by atoms with Crippen LogP contribution in [0.3, 0.4) is 0 Å². The van der Waals surface area contributed by atoms with Gasteiger partial charge in [0, 0.05) is 19.3 Å². The van der Waals surface area contributed by atoms with E-state index >= 15 is 0 Å². The Hall–Kier alpha value is -1.85. The van der Waals surface area contributed by atoms with Crippen molar-refractivity contribution in [1.29, 1.82) is 0 Å². The molecule has 0 aromatic carbocycles. The lowest BCUT2D eigenvalue weighted by atomic mass is 10.1. The fourth-order valence-electron chi connectivity index (χ4n) is 6.38. The number of carbonyl (C=O) groups excluding carboxylic acids is 3. The van der Waals surface area contributed by atoms with Gasteiger partial charge in [-0.3, -0.25) is 14.4 Å². The van der Waals surface area contributed by atoms with E-state index in [9.17, 15) is 14.4 Å². The summed E-state index contributed by atoms with van der Waals surface area (Å²) < 4.78 is 16.6. The van der Waals surface area contributed by atoms with Crippen LogP contribution >= 0.6 is 0 Å². The molecule has 0 aliphatic carbocycles. The third kappa shape index (κ3) is 39.2. The Morgan fingerprint density at radius 2 is 0.647 bits per heavy atom. The van der Waals surface area contributed by atoms with Crippen LogP contribution < -0.4 is 0 Å². The number of esters is 3. The number of unbranched alkanes of at least 4 members (excludes halogenated alkanes) is 27. The molecule has 0 saturated carbocycles. The molecule has 6 nitrogen and oxygen atoms in total. The molecule has 0 aromatic rings. The van der Waals surface area contributed by atoms with Gasteiger partial charge in [-0.15, -0.1) is 0 Å². The topological polar surface area (TPSA) is 78.9 Å². The summed E-state index contributed by atoms with van der Waals surface area (Å²) in [5, 5.41) is 0. The Bertz CT molecular complexity index is 794. The molecule has 0 radical (unpaired) electrons. The van der Waals surface area contributed by atoms with Crippen LogP contribution in [0.2, 0.25) is 0 Å². The fraction of sp³-hybridized carbons (Fsp3) is 0.889. The zero-order valence-electron chi connectivity index (χ0n) is 34.1. The van der Waals surface area contributed by atoms with Gasteiger partial charge in [-0.25, -0.2) is 0 Å². The lowest BCUT2D eigenvalue weighted by molar-refractivity contribution is -0.167. The number of hydrogen-bond donors (Lipinski definition) is 0. The highest BCUT2D eigenvalue weighted by Crippen LogP contribution is 2.14. The van der Waals surface area contributed by atoms with Crippen LogP contribution in [0.5, 0.6) is 0 Å². The number of rotatable bonds is 40. The van der Waals surface area contributed by atoms with Crippen LogP contribution in [0, 0.1) is 0 Å². The molecule has 0 N–H and O–H groups in total. The third-order valence-electron chi connectivity index (χ3n) is 9.77. The van der Waals surface area contributed by atoms with Crippen LogP contribution in [-0.2, 0) is 28.6 Å². The van der Waals surface area contributed by atoms with E-state index in [0.29, 0.717) is 19.3 Å². The molecule has 0 saturated heterocycles. The van der Waals surface area contributed by atoms with E-state index < -0.39 is 6.10 Å². The second-order valence-corrected chi connectivity index (χ2v) is 15.0. The van der Waals surface area contributed by atoms with E-state index in [1.54, 1.807) is 0 Å². The molecule has 0 amide bonds. The van der Waals surface area contributed by atoms with Crippen LogP contribution in [0.4, 0.5) is 0 Å². The van der Waals surface area contributed by atoms with Crippen molar-refractivity contribution in [2.45, 2.75) is 245 Å². The zero-order valence-corrected chi connectivity index (χ0v) is 34.1. The van der Waals surface area contributed by atoms with Gasteiger partial charge < -0.3 is 14.2 Å². The van der Waals surface area contributed by atoms with Gasteiger partial charge in [0.1, 0.15) is 13.2 Å². The molecular weight excluding hydrogens is 636 g/mol. The minimum absolute atomic E-state index is 0.0691. The Morgan fingerprint density at radius 3 is 0.980 bits per heavy atom. The molecule has 0 bridgehead atoms. The summed E-state index contributed by atoms with van der Waals surface area (Å²) >= 11 is 0. The first kappa shape index (κ1) is 49.1. The first-order chi connectivity index (χ1) is 25.0. The van der Waals surface area contributed by atoms with E-state index in [4.69, 9.17) is 14.2 Å². The van der Waals surface area contributed by atoms with Crippen molar-refractivity contribution in [3.63, 3.8) is 0 Å². The van der Waals surface area contributed by atoms with Crippen molar-refractivity contribution in [2.24, 2.45) is 0 Å². The maximum absolute atomic E-state index is 12.6. The summed E-state index contributed by atoms with van der Waals surface area (Å²) in [4.78, 5) is 37.5. The lowest BCUT2D eigenvalue weighted by Gasteiger charge is -2.18. The highest BCUT2D eigenvalue weighted by molar-refractivity contribution is 5.71. The molecule has 0 heterocycles. The van der Waals surface area contributed by atoms with Gasteiger partial charge in [-0.1, -0.05) is 187 Å². The highest BCUT2D eigenvalue weighted by atomic mass is 16.6. The SMILES string of the molecule is CCCCCCCC/C=C\CCCCCCCC(=O)OCC(COC(=O)CCCCCCCCCC)OC(=O)CCCCCCCCCCCC. The van der Waals surface area contributed by atoms with Crippen LogP contribution in [0.25, 0.3) is 0 Å². The maximum atomic E-state index is 12.6. The molecule has 51 heavy (non-hydrogen) atoms. The van der Waals surface area contributed by atoms with Crippen molar-refractivity contribution in [3.05, 3.63) is 12.2 Å². The second kappa shape index (κ2) is 40.9. The highest BCUT2D eigenvalue weighted by Gasteiger charge is 2.19. The Kier molecular flexibility index (Phi) is 39.4. The fourth-order valence-corrected chi connectivity index (χ4v) is 6.38. The Balaban J connectivity index is 4.30. The summed E-state index contributed by atoms with van der Waals surface area (Å²) in [5.41, 5.74) is 0. The molecule has 300 valence electrons. The maximum Gasteiger partial charge on any atom is 0.306 e. The zero-order chi connectivity index (χ0) is 37.3.